The number of hydrogen-bond acceptors (Lipinski definition) is 4. The molecule has 1 aliphatic rings. The van der Waals surface area contributed by atoms with Gasteiger partial charge in [0.2, 0.25) is 0 Å². The van der Waals surface area contributed by atoms with Crippen LogP contribution in [0, 0.1) is 17.1 Å². The maximum atomic E-state index is 13.5. The van der Waals surface area contributed by atoms with E-state index in [2.05, 4.69) is 28.3 Å². The maximum Gasteiger partial charge on any atom is 0.290 e. The van der Waals surface area contributed by atoms with Crippen LogP contribution in [-0.4, -0.2) is 38.9 Å². The maximum absolute atomic E-state index is 13.5. The Morgan fingerprint density at radius 3 is 3.00 bits per heavy atom. The molecular formula is C25H28FN5O. The van der Waals surface area contributed by atoms with Gasteiger partial charge in [-0.2, -0.15) is 5.26 Å². The second-order valence-electron chi connectivity index (χ2n) is 8.78. The van der Waals surface area contributed by atoms with Crippen molar-refractivity contribution >= 4 is 16.9 Å². The number of H-pyrrole nitrogens is 1. The molecule has 4 rings (SSSR count). The Hall–Kier alpha value is -3.24. The molecule has 0 aliphatic heterocycles. The van der Waals surface area contributed by atoms with Crippen LogP contribution in [0.2, 0.25) is 0 Å². The molecule has 0 spiro atoms. The fourth-order valence-corrected chi connectivity index (χ4v) is 4.88. The predicted molar refractivity (Wildman–Crippen MR) is 121 cm³/mol. The summed E-state index contributed by atoms with van der Waals surface area (Å²) in [6.45, 7) is 5.37. The van der Waals surface area contributed by atoms with E-state index in [9.17, 15) is 9.18 Å². The second kappa shape index (κ2) is 9.09. The number of nitrogens with zero attached hydrogens (tertiary/aromatic N) is 3. The molecule has 1 aromatic heterocycles. The number of nitriles is 1. The van der Waals surface area contributed by atoms with E-state index in [1.165, 1.54) is 12.1 Å². The molecule has 3 aromatic rings. The highest BCUT2D eigenvalue weighted by Gasteiger charge is 2.40. The van der Waals surface area contributed by atoms with Crippen molar-refractivity contribution in [3.63, 3.8) is 0 Å². The summed E-state index contributed by atoms with van der Waals surface area (Å²) in [6.07, 6.45) is 3.81. The number of halogens is 1. The molecule has 1 heterocycles. The molecule has 1 fully saturated rings. The Bertz CT molecular complexity index is 1170. The molecule has 1 unspecified atom stereocenters. The quantitative estimate of drug-likeness (QED) is 0.598. The van der Waals surface area contributed by atoms with Gasteiger partial charge in [-0.15, -0.1) is 0 Å². The summed E-state index contributed by atoms with van der Waals surface area (Å²) in [5, 5.41) is 12.7. The van der Waals surface area contributed by atoms with Crippen molar-refractivity contribution < 1.29 is 9.18 Å². The third kappa shape index (κ3) is 4.51. The van der Waals surface area contributed by atoms with E-state index >= 15 is 0 Å². The highest BCUT2D eigenvalue weighted by atomic mass is 19.1. The fraction of sp³-hybridized carbons (Fsp3) is 0.400. The Kier molecular flexibility index (Phi) is 6.24. The van der Waals surface area contributed by atoms with Crippen LogP contribution < -0.4 is 5.32 Å². The molecule has 2 aromatic carbocycles. The molecule has 1 amide bonds. The lowest BCUT2D eigenvalue weighted by molar-refractivity contribution is 0.0359. The van der Waals surface area contributed by atoms with Crippen LogP contribution in [0.25, 0.3) is 11.0 Å². The van der Waals surface area contributed by atoms with Gasteiger partial charge in [-0.05, 0) is 69.4 Å². The van der Waals surface area contributed by atoms with Crippen LogP contribution in [0.5, 0.6) is 0 Å². The van der Waals surface area contributed by atoms with Crippen molar-refractivity contribution in [2.24, 2.45) is 0 Å². The first kappa shape index (κ1) is 22.0. The van der Waals surface area contributed by atoms with Crippen LogP contribution >= 0.6 is 0 Å². The number of benzene rings is 2. The second-order valence-corrected chi connectivity index (χ2v) is 8.78. The highest BCUT2D eigenvalue weighted by Crippen LogP contribution is 2.34. The Labute approximate surface area is 187 Å². The summed E-state index contributed by atoms with van der Waals surface area (Å²) in [6, 6.07) is 14.4. The number of nitrogens with one attached hydrogen (secondary N) is 2. The number of amides is 1. The molecule has 0 radical (unpaired) electrons. The van der Waals surface area contributed by atoms with Crippen LogP contribution in [0.15, 0.2) is 42.5 Å². The summed E-state index contributed by atoms with van der Waals surface area (Å²) < 4.78 is 13.5. The number of aromatic amines is 1. The summed E-state index contributed by atoms with van der Waals surface area (Å²) in [5.74, 6) is -0.283. The number of carbonyl (C=O) groups excluding carboxylic acids is 1. The van der Waals surface area contributed by atoms with Gasteiger partial charge in [-0.1, -0.05) is 12.1 Å². The van der Waals surface area contributed by atoms with Crippen molar-refractivity contribution in [3.05, 3.63) is 65.2 Å². The van der Waals surface area contributed by atoms with Crippen molar-refractivity contribution in [2.45, 2.75) is 57.7 Å². The van der Waals surface area contributed by atoms with Gasteiger partial charge in [0.05, 0.1) is 22.7 Å². The zero-order chi connectivity index (χ0) is 22.7. The molecule has 0 bridgehead atoms. The predicted octanol–water partition coefficient (Wildman–Crippen LogP) is 4.53. The molecule has 6 nitrogen and oxygen atoms in total. The molecule has 1 saturated carbocycles. The van der Waals surface area contributed by atoms with Gasteiger partial charge in [0.15, 0.2) is 5.82 Å². The van der Waals surface area contributed by atoms with E-state index in [-0.39, 0.29) is 29.1 Å². The van der Waals surface area contributed by atoms with Gasteiger partial charge in [0.25, 0.3) is 5.91 Å². The van der Waals surface area contributed by atoms with Crippen LogP contribution in [0.4, 0.5) is 4.39 Å². The summed E-state index contributed by atoms with van der Waals surface area (Å²) in [7, 11) is 0. The Morgan fingerprint density at radius 2 is 2.22 bits per heavy atom. The zero-order valence-electron chi connectivity index (χ0n) is 18.5. The number of aromatic nitrogens is 2. The third-order valence-corrected chi connectivity index (χ3v) is 6.47. The van der Waals surface area contributed by atoms with Gasteiger partial charge >= 0.3 is 0 Å². The van der Waals surface area contributed by atoms with Gasteiger partial charge in [0, 0.05) is 30.7 Å². The summed E-state index contributed by atoms with van der Waals surface area (Å²) in [4.78, 5) is 22.7. The van der Waals surface area contributed by atoms with Crippen molar-refractivity contribution in [3.8, 4) is 6.07 Å². The van der Waals surface area contributed by atoms with Crippen LogP contribution in [0.1, 0.15) is 61.3 Å². The largest absolute Gasteiger partial charge is 0.334 e. The van der Waals surface area contributed by atoms with Crippen LogP contribution in [-0.2, 0) is 6.54 Å². The van der Waals surface area contributed by atoms with Gasteiger partial charge in [-0.25, -0.2) is 9.37 Å². The monoisotopic (exact) mass is 433 g/mol. The first-order chi connectivity index (χ1) is 15.4. The Morgan fingerprint density at radius 1 is 1.38 bits per heavy atom. The van der Waals surface area contributed by atoms with E-state index in [0.29, 0.717) is 29.7 Å². The third-order valence-electron chi connectivity index (χ3n) is 6.47. The number of hydrogen-bond donors (Lipinski definition) is 2. The lowest BCUT2D eigenvalue weighted by Gasteiger charge is -2.46. The molecule has 2 N–H and O–H groups in total. The lowest BCUT2D eigenvalue weighted by atomic mass is 9.78. The van der Waals surface area contributed by atoms with E-state index < -0.39 is 0 Å². The minimum absolute atomic E-state index is 0.158. The van der Waals surface area contributed by atoms with Gasteiger partial charge < -0.3 is 15.2 Å². The normalized spacial score (nSPS) is 20.8. The van der Waals surface area contributed by atoms with Crippen molar-refractivity contribution in [1.82, 2.24) is 20.2 Å². The average Bonchev–Trinajstić information content (AvgIpc) is 3.21. The fourth-order valence-electron chi connectivity index (χ4n) is 4.88. The molecule has 1 aliphatic carbocycles. The average molecular weight is 434 g/mol. The lowest BCUT2D eigenvalue weighted by Crippen LogP contribution is -2.55. The van der Waals surface area contributed by atoms with Crippen LogP contribution in [0.3, 0.4) is 0 Å². The molecular weight excluding hydrogens is 405 g/mol. The number of imidazole rings is 1. The highest BCUT2D eigenvalue weighted by molar-refractivity contribution is 5.94. The SMILES string of the molecule is CCN(C(=O)c1nc2cc(F)ccc2[nH]1)C1(C)CCC[C@@H](NCc2cccc(C#N)c2)C1. The van der Waals surface area contributed by atoms with E-state index in [4.69, 9.17) is 5.26 Å². The topological polar surface area (TPSA) is 84.8 Å². The van der Waals surface area contributed by atoms with Gasteiger partial charge in [0.1, 0.15) is 5.82 Å². The molecule has 32 heavy (non-hydrogen) atoms. The Balaban J connectivity index is 1.48. The molecule has 166 valence electrons. The first-order valence-electron chi connectivity index (χ1n) is 11.1. The first-order valence-corrected chi connectivity index (χ1v) is 11.1. The number of carbonyl (C=O) groups is 1. The molecule has 2 atom stereocenters. The van der Waals surface area contributed by atoms with E-state index in [1.807, 2.05) is 30.0 Å². The number of fused-ring (bicyclic) bond motifs is 1. The smallest absolute Gasteiger partial charge is 0.290 e. The standard InChI is InChI=1S/C25H28FN5O/c1-3-31(24(32)23-29-21-10-9-19(26)13-22(21)30-23)25(2)11-5-8-20(14-25)28-16-18-7-4-6-17(12-18)15-27/h4,6-7,9-10,12-13,20,28H,3,5,8,11,14,16H2,1-2H3,(H,29,30)/t20-,25?/m1/s1. The van der Waals surface area contributed by atoms with E-state index in [1.54, 1.807) is 12.1 Å². The molecule has 7 heteroatoms. The van der Waals surface area contributed by atoms with Crippen molar-refractivity contribution in [1.29, 1.82) is 5.26 Å². The van der Waals surface area contributed by atoms with Gasteiger partial charge in [-0.3, -0.25) is 4.79 Å². The number of rotatable bonds is 6. The zero-order valence-corrected chi connectivity index (χ0v) is 18.5. The van der Waals surface area contributed by atoms with E-state index in [0.717, 1.165) is 31.2 Å². The minimum atomic E-state index is -0.371. The summed E-state index contributed by atoms with van der Waals surface area (Å²) >= 11 is 0. The minimum Gasteiger partial charge on any atom is -0.334 e. The van der Waals surface area contributed by atoms with Crippen molar-refractivity contribution in [2.75, 3.05) is 6.54 Å². The molecule has 0 saturated heterocycles. The summed E-state index contributed by atoms with van der Waals surface area (Å²) in [5.41, 5.74) is 2.54.